The molecule has 1 aliphatic rings. The summed E-state index contributed by atoms with van der Waals surface area (Å²) in [5.41, 5.74) is 3.73. The van der Waals surface area contributed by atoms with Gasteiger partial charge in [0.1, 0.15) is 12.4 Å². The molecule has 1 atom stereocenters. The van der Waals surface area contributed by atoms with Gasteiger partial charge in [-0.25, -0.2) is 4.39 Å². The minimum Gasteiger partial charge on any atom is -0.324 e. The number of nitrogens with one attached hydrogen (secondary N) is 1. The van der Waals surface area contributed by atoms with Gasteiger partial charge >= 0.3 is 0 Å². The third-order valence-electron chi connectivity index (χ3n) is 4.99. The molecule has 1 unspecified atom stereocenters. The van der Waals surface area contributed by atoms with Gasteiger partial charge in [0.15, 0.2) is 0 Å². The summed E-state index contributed by atoms with van der Waals surface area (Å²) in [6, 6.07) is 9.46. The van der Waals surface area contributed by atoms with E-state index >= 15 is 0 Å². The molecule has 1 aliphatic heterocycles. The summed E-state index contributed by atoms with van der Waals surface area (Å²) in [6.45, 7) is 3.34. The van der Waals surface area contributed by atoms with Gasteiger partial charge in [0.25, 0.3) is 0 Å². The van der Waals surface area contributed by atoms with Gasteiger partial charge in [-0.05, 0) is 44.2 Å². The van der Waals surface area contributed by atoms with Crippen LogP contribution in [0, 0.1) is 12.7 Å². The first-order valence-corrected chi connectivity index (χ1v) is 9.71. The Morgan fingerprint density at radius 1 is 1.23 bits per heavy atom. The summed E-state index contributed by atoms with van der Waals surface area (Å²) in [7, 11) is 0. The molecule has 0 radical (unpaired) electrons. The Labute approximate surface area is 177 Å². The molecule has 3 heterocycles. The number of aromatic nitrogens is 2. The van der Waals surface area contributed by atoms with Gasteiger partial charge in [-0.2, -0.15) is 0 Å². The molecule has 4 rings (SSSR count). The van der Waals surface area contributed by atoms with Crippen LogP contribution in [0.5, 0.6) is 0 Å². The minimum absolute atomic E-state index is 0.0355. The topological polar surface area (TPSA) is 75.2 Å². The number of fused-ring (bicyclic) bond motifs is 3. The molecule has 8 heteroatoms. The van der Waals surface area contributed by atoms with Crippen molar-refractivity contribution in [3.05, 3.63) is 71.0 Å². The predicted octanol–water partition coefficient (Wildman–Crippen LogP) is 4.33. The molecule has 0 spiro atoms. The van der Waals surface area contributed by atoms with E-state index in [1.165, 1.54) is 17.0 Å². The molecule has 1 aromatic carbocycles. The first-order chi connectivity index (χ1) is 14.3. The van der Waals surface area contributed by atoms with Crippen molar-refractivity contribution in [2.45, 2.75) is 19.8 Å². The van der Waals surface area contributed by atoms with Gasteiger partial charge in [-0.15, -0.1) is 0 Å². The van der Waals surface area contributed by atoms with E-state index in [9.17, 15) is 14.0 Å². The van der Waals surface area contributed by atoms with E-state index in [0.717, 1.165) is 17.2 Å². The lowest BCUT2D eigenvalue weighted by atomic mass is 9.98. The number of aryl methyl sites for hydroxylation is 1. The van der Waals surface area contributed by atoms with E-state index in [4.69, 9.17) is 11.6 Å². The number of carbonyl (C=O) groups excluding carboxylic acids is 2. The smallest absolute Gasteiger partial charge is 0.244 e. The number of halogens is 2. The van der Waals surface area contributed by atoms with Gasteiger partial charge in [-0.3, -0.25) is 19.6 Å². The van der Waals surface area contributed by atoms with Crippen LogP contribution >= 0.6 is 11.6 Å². The Bertz CT molecular complexity index is 1170. The third-order valence-corrected chi connectivity index (χ3v) is 5.30. The standard InChI is InChI=1S/C22H18ClFN4O2/c1-12-8-19-16(10-26-12)15-4-3-7-25-21(15)13(2)22(30)28(19)11-20(29)27-14-5-6-17(23)18(24)9-14/h3-10,13H,11H2,1-2H3,(H,27,29). The van der Waals surface area contributed by atoms with Crippen LogP contribution in [0.1, 0.15) is 24.2 Å². The van der Waals surface area contributed by atoms with Crippen molar-refractivity contribution in [1.82, 2.24) is 9.97 Å². The van der Waals surface area contributed by atoms with Gasteiger partial charge in [0, 0.05) is 34.9 Å². The second kappa shape index (κ2) is 7.84. The van der Waals surface area contributed by atoms with Crippen molar-refractivity contribution in [1.29, 1.82) is 0 Å². The molecule has 0 aliphatic carbocycles. The Kier molecular flexibility index (Phi) is 5.22. The van der Waals surface area contributed by atoms with Gasteiger partial charge < -0.3 is 10.2 Å². The van der Waals surface area contributed by atoms with Gasteiger partial charge in [0.05, 0.1) is 22.3 Å². The second-order valence-corrected chi connectivity index (χ2v) is 7.51. The summed E-state index contributed by atoms with van der Waals surface area (Å²) in [6.07, 6.45) is 3.33. The van der Waals surface area contributed by atoms with E-state index in [2.05, 4.69) is 15.3 Å². The zero-order valence-corrected chi connectivity index (χ0v) is 17.1. The average Bonchev–Trinajstić information content (AvgIpc) is 2.80. The van der Waals surface area contributed by atoms with Crippen LogP contribution in [-0.4, -0.2) is 28.3 Å². The number of rotatable bonds is 3. The van der Waals surface area contributed by atoms with Crippen molar-refractivity contribution >= 4 is 34.8 Å². The average molecular weight is 425 g/mol. The number of pyridine rings is 2. The maximum absolute atomic E-state index is 13.7. The van der Waals surface area contributed by atoms with Crippen LogP contribution in [0.3, 0.4) is 0 Å². The number of anilines is 2. The van der Waals surface area contributed by atoms with Crippen molar-refractivity contribution in [3.63, 3.8) is 0 Å². The summed E-state index contributed by atoms with van der Waals surface area (Å²) >= 11 is 5.69. The molecule has 152 valence electrons. The fourth-order valence-electron chi connectivity index (χ4n) is 3.52. The van der Waals surface area contributed by atoms with Gasteiger partial charge in [0.2, 0.25) is 11.8 Å². The molecule has 2 amide bonds. The van der Waals surface area contributed by atoms with Crippen LogP contribution in [0.25, 0.3) is 11.1 Å². The van der Waals surface area contributed by atoms with Crippen LogP contribution in [0.2, 0.25) is 5.02 Å². The van der Waals surface area contributed by atoms with E-state index in [1.807, 2.05) is 13.0 Å². The van der Waals surface area contributed by atoms with Gasteiger partial charge in [-0.1, -0.05) is 17.7 Å². The van der Waals surface area contributed by atoms with Crippen LogP contribution in [0.15, 0.2) is 48.8 Å². The third kappa shape index (κ3) is 3.64. The highest BCUT2D eigenvalue weighted by atomic mass is 35.5. The molecule has 6 nitrogen and oxygen atoms in total. The maximum atomic E-state index is 13.7. The number of nitrogens with zero attached hydrogens (tertiary/aromatic N) is 3. The first-order valence-electron chi connectivity index (χ1n) is 9.33. The highest BCUT2D eigenvalue weighted by molar-refractivity contribution is 6.30. The molecule has 0 fully saturated rings. The zero-order valence-electron chi connectivity index (χ0n) is 16.3. The number of amides is 2. The lowest BCUT2D eigenvalue weighted by Gasteiger charge is -2.24. The number of hydrogen-bond acceptors (Lipinski definition) is 4. The van der Waals surface area contributed by atoms with Crippen molar-refractivity contribution in [2.24, 2.45) is 0 Å². The normalized spacial score (nSPS) is 15.3. The van der Waals surface area contributed by atoms with E-state index in [1.54, 1.807) is 31.5 Å². The first kappa shape index (κ1) is 20.0. The lowest BCUT2D eigenvalue weighted by molar-refractivity contribution is -0.122. The monoisotopic (exact) mass is 424 g/mol. The molecule has 2 aromatic heterocycles. The number of benzene rings is 1. The number of hydrogen-bond donors (Lipinski definition) is 1. The minimum atomic E-state index is -0.637. The fourth-order valence-corrected chi connectivity index (χ4v) is 3.63. The molecule has 3 aromatic rings. The maximum Gasteiger partial charge on any atom is 0.244 e. The van der Waals surface area contributed by atoms with Crippen LogP contribution in [-0.2, 0) is 9.59 Å². The zero-order chi connectivity index (χ0) is 21.4. The molecular formula is C22H18ClFN4O2. The van der Waals surface area contributed by atoms with Crippen molar-refractivity contribution in [3.8, 4) is 11.1 Å². The largest absolute Gasteiger partial charge is 0.324 e. The quantitative estimate of drug-likeness (QED) is 0.678. The Hall–Kier alpha value is -3.32. The van der Waals surface area contributed by atoms with E-state index < -0.39 is 17.6 Å². The fraction of sp³-hybridized carbons (Fsp3) is 0.182. The Balaban J connectivity index is 1.70. The summed E-state index contributed by atoms with van der Waals surface area (Å²) in [5, 5.41) is 2.58. The number of carbonyl (C=O) groups is 2. The molecule has 0 saturated carbocycles. The van der Waals surface area contributed by atoms with E-state index in [-0.39, 0.29) is 23.2 Å². The molecule has 0 bridgehead atoms. The second-order valence-electron chi connectivity index (χ2n) is 7.10. The predicted molar refractivity (Wildman–Crippen MR) is 113 cm³/mol. The summed E-state index contributed by atoms with van der Waals surface area (Å²) < 4.78 is 13.7. The SMILES string of the molecule is Cc1cc2c(cn1)-c1cccnc1C(C)C(=O)N2CC(=O)Nc1ccc(Cl)c(F)c1. The lowest BCUT2D eigenvalue weighted by Crippen LogP contribution is -2.40. The van der Waals surface area contributed by atoms with Crippen molar-refractivity contribution in [2.75, 3.05) is 16.8 Å². The molecular weight excluding hydrogens is 407 g/mol. The van der Waals surface area contributed by atoms with Crippen LogP contribution < -0.4 is 10.2 Å². The Morgan fingerprint density at radius 3 is 2.80 bits per heavy atom. The van der Waals surface area contributed by atoms with E-state index in [0.29, 0.717) is 17.1 Å². The molecule has 0 saturated heterocycles. The molecule has 1 N–H and O–H groups in total. The highest BCUT2D eigenvalue weighted by Crippen LogP contribution is 2.39. The Morgan fingerprint density at radius 2 is 2.03 bits per heavy atom. The highest BCUT2D eigenvalue weighted by Gasteiger charge is 2.33. The summed E-state index contributed by atoms with van der Waals surface area (Å²) in [5.74, 6) is -1.90. The van der Waals surface area contributed by atoms with Crippen molar-refractivity contribution < 1.29 is 14.0 Å². The summed E-state index contributed by atoms with van der Waals surface area (Å²) in [4.78, 5) is 36.2. The molecule has 30 heavy (non-hydrogen) atoms. The van der Waals surface area contributed by atoms with Crippen LogP contribution in [0.4, 0.5) is 15.8 Å².